The van der Waals surface area contributed by atoms with E-state index in [9.17, 15) is 0 Å². The molecule has 1 aromatic carbocycles. The Bertz CT molecular complexity index is 1380. The van der Waals surface area contributed by atoms with Crippen LogP contribution in [-0.4, -0.2) is 295 Å². The average Bonchev–Trinajstić information content (AvgIpc) is 3.51. The third-order valence-corrected chi connectivity index (χ3v) is 11.5. The van der Waals surface area contributed by atoms with Gasteiger partial charge in [-0.2, -0.15) is 0 Å². The summed E-state index contributed by atoms with van der Waals surface area (Å²) in [4.78, 5) is 0. The van der Waals surface area contributed by atoms with Crippen molar-refractivity contribution in [2.24, 2.45) is 0 Å². The van der Waals surface area contributed by atoms with E-state index in [1.807, 2.05) is 12.1 Å². The number of aliphatic hydroxyl groups is 1. The van der Waals surface area contributed by atoms with Gasteiger partial charge in [0, 0.05) is 0 Å². The Balaban J connectivity index is 1.70. The summed E-state index contributed by atoms with van der Waals surface area (Å²) in [6.45, 7) is 25.9. The van der Waals surface area contributed by atoms with Gasteiger partial charge in [-0.1, -0.05) is 63.7 Å². The Morgan fingerprint density at radius 2 is 0.583 bits per heavy atom. The van der Waals surface area contributed by atoms with Crippen molar-refractivity contribution < 1.29 is 109 Å². The molecule has 23 nitrogen and oxygen atoms in total. The highest BCUT2D eigenvalue weighted by atomic mass is 16.6. The second-order valence-electron chi connectivity index (χ2n) is 18.5. The topological polar surface area (TPSA) is 223 Å². The zero-order valence-electron chi connectivity index (χ0n) is 51.7. The van der Waals surface area contributed by atoms with Crippen LogP contribution in [0.25, 0.3) is 0 Å². The first-order valence-corrected chi connectivity index (χ1v) is 30.9. The van der Waals surface area contributed by atoms with Gasteiger partial charge in [0.2, 0.25) is 0 Å². The van der Waals surface area contributed by atoms with Crippen LogP contribution >= 0.6 is 0 Å². The van der Waals surface area contributed by atoms with Crippen LogP contribution in [0.3, 0.4) is 0 Å². The van der Waals surface area contributed by atoms with E-state index in [4.69, 9.17) is 109 Å². The summed E-state index contributed by atoms with van der Waals surface area (Å²) in [6.07, 6.45) is 11.8. The molecule has 0 bridgehead atoms. The average molecular weight is 1220 g/mol. The second kappa shape index (κ2) is 71.6. The molecule has 0 fully saturated rings. The first kappa shape index (κ1) is 79.9. The lowest BCUT2D eigenvalue weighted by Gasteiger charge is -2.19. The van der Waals surface area contributed by atoms with Crippen LogP contribution in [0.4, 0.5) is 0 Å². The van der Waals surface area contributed by atoms with Crippen LogP contribution in [0, 0.1) is 0 Å². The van der Waals surface area contributed by atoms with E-state index in [1.165, 1.54) is 50.5 Å². The van der Waals surface area contributed by atoms with Gasteiger partial charge in [0.25, 0.3) is 0 Å². The molecule has 1 rings (SSSR count). The van der Waals surface area contributed by atoms with Crippen LogP contribution in [0.1, 0.15) is 57.4 Å². The normalized spacial score (nSPS) is 12.0. The SMILES string of the molecule is C=CCOCC(COc1ccc(CCCCCCCCC)cc1)OCCOCCOCCOCCOCCOCCOCCOCCOCCOCCOCCOCCOCCOCCOCCOCCOCCOCCOCCOCCO. The minimum Gasteiger partial charge on any atom is -0.491 e. The molecular weight excluding hydrogens is 1100 g/mol. The largest absolute Gasteiger partial charge is 0.491 e. The lowest BCUT2D eigenvalue weighted by molar-refractivity contribution is -0.0571. The molecule has 84 heavy (non-hydrogen) atoms. The molecule has 23 heteroatoms. The zero-order chi connectivity index (χ0) is 59.9. The number of benzene rings is 1. The van der Waals surface area contributed by atoms with Crippen molar-refractivity contribution in [3.63, 3.8) is 0 Å². The molecule has 0 heterocycles. The number of aliphatic hydroxyl groups excluding tert-OH is 1. The standard InChI is InChI=1S/C61H114O23/c1-3-5-6-7-8-9-10-11-59-12-14-60(15-13-59)84-58-61(57-82-17-4-2)83-56-55-81-54-53-80-52-51-79-50-49-78-48-47-77-46-45-76-44-43-75-42-41-74-40-39-73-38-37-72-36-35-71-34-33-70-32-31-69-30-29-68-28-27-67-26-25-66-24-23-65-22-21-64-20-19-63-18-16-62/h4,12-15,61-62H,2-3,5-11,16-58H2,1H3. The summed E-state index contributed by atoms with van der Waals surface area (Å²) in [5.74, 6) is 0.829. The van der Waals surface area contributed by atoms with Gasteiger partial charge in [-0.05, 0) is 30.5 Å². The van der Waals surface area contributed by atoms with Gasteiger partial charge in [-0.25, -0.2) is 0 Å². The van der Waals surface area contributed by atoms with Gasteiger partial charge in [-0.15, -0.1) is 6.58 Å². The van der Waals surface area contributed by atoms with E-state index in [0.717, 1.165) is 12.2 Å². The molecule has 0 amide bonds. The molecule has 0 aromatic heterocycles. The first-order valence-electron chi connectivity index (χ1n) is 30.9. The fraction of sp³-hybridized carbons (Fsp3) is 0.869. The van der Waals surface area contributed by atoms with Crippen molar-refractivity contribution >= 4 is 0 Å². The van der Waals surface area contributed by atoms with Gasteiger partial charge in [0.15, 0.2) is 0 Å². The Morgan fingerprint density at radius 1 is 0.321 bits per heavy atom. The van der Waals surface area contributed by atoms with Gasteiger partial charge in [0.1, 0.15) is 18.5 Å². The molecule has 0 radical (unpaired) electrons. The van der Waals surface area contributed by atoms with Gasteiger partial charge in [0.05, 0.1) is 277 Å². The maximum absolute atomic E-state index is 8.62. The molecule has 1 aromatic rings. The van der Waals surface area contributed by atoms with Crippen molar-refractivity contribution in [2.45, 2.75) is 64.4 Å². The van der Waals surface area contributed by atoms with Crippen LogP contribution in [-0.2, 0) is 106 Å². The molecule has 0 aliphatic heterocycles. The van der Waals surface area contributed by atoms with E-state index in [2.05, 4.69) is 25.6 Å². The van der Waals surface area contributed by atoms with Crippen molar-refractivity contribution in [1.29, 1.82) is 0 Å². The maximum atomic E-state index is 8.62. The summed E-state index contributed by atoms with van der Waals surface area (Å²) < 4.78 is 122. The molecule has 1 unspecified atom stereocenters. The molecule has 496 valence electrons. The van der Waals surface area contributed by atoms with Gasteiger partial charge >= 0.3 is 0 Å². The van der Waals surface area contributed by atoms with Crippen LogP contribution in [0.2, 0.25) is 0 Å². The summed E-state index contributed by atoms with van der Waals surface area (Å²) in [6, 6.07) is 8.40. The highest BCUT2D eigenvalue weighted by Crippen LogP contribution is 2.16. The molecule has 0 aliphatic rings. The van der Waals surface area contributed by atoms with E-state index in [-0.39, 0.29) is 12.7 Å². The lowest BCUT2D eigenvalue weighted by Crippen LogP contribution is -2.29. The van der Waals surface area contributed by atoms with Crippen molar-refractivity contribution in [3.05, 3.63) is 42.5 Å². The Hall–Kier alpha value is -2.12. The van der Waals surface area contributed by atoms with Gasteiger partial charge in [-0.3, -0.25) is 0 Å². The summed E-state index contributed by atoms with van der Waals surface area (Å²) in [5, 5.41) is 8.62. The molecule has 0 spiro atoms. The number of hydrogen-bond acceptors (Lipinski definition) is 23. The maximum Gasteiger partial charge on any atom is 0.119 e. The summed E-state index contributed by atoms with van der Waals surface area (Å²) >= 11 is 0. The van der Waals surface area contributed by atoms with Crippen molar-refractivity contribution in [1.82, 2.24) is 0 Å². The van der Waals surface area contributed by atoms with Crippen LogP contribution in [0.5, 0.6) is 5.75 Å². The predicted octanol–water partition coefficient (Wildman–Crippen LogP) is 5.25. The third kappa shape index (κ3) is 64.4. The molecular formula is C61H114O23. The Kier molecular flexibility index (Phi) is 68.1. The molecule has 1 atom stereocenters. The monoisotopic (exact) mass is 1210 g/mol. The Morgan fingerprint density at radius 3 is 0.857 bits per heavy atom. The number of rotatable bonds is 75. The van der Waals surface area contributed by atoms with E-state index in [0.29, 0.717) is 277 Å². The van der Waals surface area contributed by atoms with E-state index < -0.39 is 0 Å². The lowest BCUT2D eigenvalue weighted by atomic mass is 10.0. The van der Waals surface area contributed by atoms with Crippen molar-refractivity contribution in [3.8, 4) is 5.75 Å². The van der Waals surface area contributed by atoms with E-state index >= 15 is 0 Å². The van der Waals surface area contributed by atoms with E-state index in [1.54, 1.807) is 6.08 Å². The smallest absolute Gasteiger partial charge is 0.119 e. The van der Waals surface area contributed by atoms with Crippen LogP contribution < -0.4 is 4.74 Å². The quantitative estimate of drug-likeness (QED) is 0.0649. The fourth-order valence-corrected chi connectivity index (χ4v) is 7.05. The highest BCUT2D eigenvalue weighted by molar-refractivity contribution is 5.27. The number of aryl methyl sites for hydroxylation is 1. The summed E-state index contributed by atoms with van der Waals surface area (Å²) in [5.41, 5.74) is 1.35. The minimum atomic E-state index is -0.223. The zero-order valence-corrected chi connectivity index (χ0v) is 51.7. The first-order chi connectivity index (χ1) is 41.8. The number of ether oxygens (including phenoxy) is 22. The predicted molar refractivity (Wildman–Crippen MR) is 317 cm³/mol. The second-order valence-corrected chi connectivity index (χ2v) is 18.5. The number of hydrogen-bond donors (Lipinski definition) is 1. The van der Waals surface area contributed by atoms with Gasteiger partial charge < -0.3 is 109 Å². The third-order valence-electron chi connectivity index (χ3n) is 11.5. The fourth-order valence-electron chi connectivity index (χ4n) is 7.05. The molecule has 1 N–H and O–H groups in total. The van der Waals surface area contributed by atoms with Crippen molar-refractivity contribution in [2.75, 3.05) is 284 Å². The summed E-state index contributed by atoms with van der Waals surface area (Å²) in [7, 11) is 0. The highest BCUT2D eigenvalue weighted by Gasteiger charge is 2.12. The number of unbranched alkanes of at least 4 members (excludes halogenated alkanes) is 6. The van der Waals surface area contributed by atoms with Crippen LogP contribution in [0.15, 0.2) is 36.9 Å². The molecule has 0 aliphatic carbocycles. The minimum absolute atomic E-state index is 0.0182. The Labute approximate surface area is 504 Å². The molecule has 0 saturated heterocycles. The molecule has 0 saturated carbocycles.